The predicted octanol–water partition coefficient (Wildman–Crippen LogP) is 2.35. The second kappa shape index (κ2) is 5.19. The lowest BCUT2D eigenvalue weighted by molar-refractivity contribution is 0.0907. The first-order chi connectivity index (χ1) is 9.25. The van der Waals surface area contributed by atoms with Crippen LogP contribution in [0.1, 0.15) is 41.0 Å². The highest BCUT2D eigenvalue weighted by atomic mass is 32.1. The summed E-state index contributed by atoms with van der Waals surface area (Å²) in [5, 5.41) is 16.5. The molecule has 0 aromatic carbocycles. The van der Waals surface area contributed by atoms with E-state index in [0.717, 1.165) is 18.4 Å². The molecule has 4 nitrogen and oxygen atoms in total. The second-order valence-corrected chi connectivity index (χ2v) is 5.59. The minimum absolute atomic E-state index is 0.119. The Morgan fingerprint density at radius 1 is 1.53 bits per heavy atom. The standard InChI is InChI=1S/C14H16N2O2S/c17-13(10-5-7-19-9-10)8-15-14(18)12-2-1-6-16(12)11-3-4-11/h1-2,5-7,9,11,13,17H,3-4,8H2,(H,15,18). The van der Waals surface area contributed by atoms with Crippen LogP contribution in [0.3, 0.4) is 0 Å². The van der Waals surface area contributed by atoms with Crippen LogP contribution in [0.4, 0.5) is 0 Å². The summed E-state index contributed by atoms with van der Waals surface area (Å²) in [4.78, 5) is 12.1. The molecule has 3 rings (SSSR count). The van der Waals surface area contributed by atoms with Gasteiger partial charge in [-0.3, -0.25) is 4.79 Å². The molecule has 2 N–H and O–H groups in total. The lowest BCUT2D eigenvalue weighted by Gasteiger charge is -2.12. The van der Waals surface area contributed by atoms with E-state index in [0.29, 0.717) is 11.7 Å². The van der Waals surface area contributed by atoms with Gasteiger partial charge in [0.1, 0.15) is 5.69 Å². The van der Waals surface area contributed by atoms with Crippen molar-refractivity contribution in [2.75, 3.05) is 6.54 Å². The minimum atomic E-state index is -0.639. The fraction of sp³-hybridized carbons (Fsp3) is 0.357. The van der Waals surface area contributed by atoms with Gasteiger partial charge in [-0.2, -0.15) is 11.3 Å². The second-order valence-electron chi connectivity index (χ2n) is 4.81. The van der Waals surface area contributed by atoms with Gasteiger partial charge in [-0.15, -0.1) is 0 Å². The van der Waals surface area contributed by atoms with Crippen LogP contribution in [0.2, 0.25) is 0 Å². The number of nitrogens with zero attached hydrogens (tertiary/aromatic N) is 1. The molecule has 1 unspecified atom stereocenters. The highest BCUT2D eigenvalue weighted by Gasteiger charge is 2.26. The maximum absolute atomic E-state index is 12.1. The van der Waals surface area contributed by atoms with Crippen molar-refractivity contribution in [1.82, 2.24) is 9.88 Å². The first-order valence-corrected chi connectivity index (χ1v) is 7.35. The molecule has 0 bridgehead atoms. The lowest BCUT2D eigenvalue weighted by Crippen LogP contribution is -2.29. The number of aromatic nitrogens is 1. The monoisotopic (exact) mass is 276 g/mol. The molecule has 1 aliphatic rings. The summed E-state index contributed by atoms with van der Waals surface area (Å²) in [6.45, 7) is 0.241. The number of hydrogen-bond acceptors (Lipinski definition) is 3. The number of thiophene rings is 1. The fourth-order valence-electron chi connectivity index (χ4n) is 2.12. The topological polar surface area (TPSA) is 54.3 Å². The normalized spacial score (nSPS) is 16.3. The molecule has 0 aliphatic heterocycles. The van der Waals surface area contributed by atoms with Gasteiger partial charge in [0.15, 0.2) is 0 Å². The number of carbonyl (C=O) groups is 1. The average molecular weight is 276 g/mol. The van der Waals surface area contributed by atoms with Crippen molar-refractivity contribution < 1.29 is 9.90 Å². The van der Waals surface area contributed by atoms with Gasteiger partial charge in [0.25, 0.3) is 5.91 Å². The van der Waals surface area contributed by atoms with Crippen LogP contribution < -0.4 is 5.32 Å². The van der Waals surface area contributed by atoms with Crippen LogP contribution in [-0.2, 0) is 0 Å². The van der Waals surface area contributed by atoms with Gasteiger partial charge in [0.2, 0.25) is 0 Å². The van der Waals surface area contributed by atoms with Crippen LogP contribution >= 0.6 is 11.3 Å². The van der Waals surface area contributed by atoms with E-state index >= 15 is 0 Å². The summed E-state index contributed by atoms with van der Waals surface area (Å²) in [6.07, 6.45) is 3.60. The van der Waals surface area contributed by atoms with Crippen molar-refractivity contribution in [2.24, 2.45) is 0 Å². The number of nitrogens with one attached hydrogen (secondary N) is 1. The van der Waals surface area contributed by atoms with Crippen LogP contribution in [0, 0.1) is 0 Å². The Morgan fingerprint density at radius 3 is 3.05 bits per heavy atom. The first-order valence-electron chi connectivity index (χ1n) is 6.41. The third-order valence-electron chi connectivity index (χ3n) is 3.34. The molecule has 2 aromatic rings. The number of rotatable bonds is 5. The Morgan fingerprint density at radius 2 is 2.37 bits per heavy atom. The first kappa shape index (κ1) is 12.4. The zero-order valence-corrected chi connectivity index (χ0v) is 11.3. The highest BCUT2D eigenvalue weighted by molar-refractivity contribution is 7.07. The number of aliphatic hydroxyl groups excluding tert-OH is 1. The number of hydrogen-bond donors (Lipinski definition) is 2. The van der Waals surface area contributed by atoms with Crippen molar-refractivity contribution in [3.8, 4) is 0 Å². The molecule has 100 valence electrons. The molecule has 0 saturated heterocycles. The zero-order valence-electron chi connectivity index (χ0n) is 10.5. The van der Waals surface area contributed by atoms with Gasteiger partial charge >= 0.3 is 0 Å². The summed E-state index contributed by atoms with van der Waals surface area (Å²) in [5.41, 5.74) is 1.53. The molecule has 0 radical (unpaired) electrons. The average Bonchev–Trinajstić information content (AvgIpc) is 2.96. The molecular formula is C14H16N2O2S. The predicted molar refractivity (Wildman–Crippen MR) is 74.3 cm³/mol. The summed E-state index contributed by atoms with van der Waals surface area (Å²) in [6, 6.07) is 6.07. The Kier molecular flexibility index (Phi) is 3.40. The van der Waals surface area contributed by atoms with E-state index in [1.807, 2.05) is 39.7 Å². The van der Waals surface area contributed by atoms with Crippen molar-refractivity contribution in [3.63, 3.8) is 0 Å². The number of carbonyl (C=O) groups excluding carboxylic acids is 1. The quantitative estimate of drug-likeness (QED) is 0.880. The van der Waals surface area contributed by atoms with E-state index in [-0.39, 0.29) is 12.5 Å². The Labute approximate surface area is 115 Å². The Bertz CT molecular complexity index is 558. The van der Waals surface area contributed by atoms with E-state index in [1.165, 1.54) is 11.3 Å². The van der Waals surface area contributed by atoms with Crippen LogP contribution in [0.25, 0.3) is 0 Å². The van der Waals surface area contributed by atoms with E-state index < -0.39 is 6.10 Å². The summed E-state index contributed by atoms with van der Waals surface area (Å²) in [7, 11) is 0. The third-order valence-corrected chi connectivity index (χ3v) is 4.04. The molecule has 1 saturated carbocycles. The van der Waals surface area contributed by atoms with E-state index in [1.54, 1.807) is 0 Å². The number of aliphatic hydroxyl groups is 1. The molecular weight excluding hydrogens is 260 g/mol. The van der Waals surface area contributed by atoms with Gasteiger partial charge < -0.3 is 15.0 Å². The molecule has 2 heterocycles. The van der Waals surface area contributed by atoms with Crippen LogP contribution in [0.15, 0.2) is 35.2 Å². The SMILES string of the molecule is O=C(NCC(O)c1ccsc1)c1cccn1C1CC1. The minimum Gasteiger partial charge on any atom is -0.387 e. The smallest absolute Gasteiger partial charge is 0.268 e. The third kappa shape index (κ3) is 2.72. The maximum Gasteiger partial charge on any atom is 0.268 e. The molecule has 19 heavy (non-hydrogen) atoms. The zero-order chi connectivity index (χ0) is 13.2. The molecule has 1 fully saturated rings. The van der Waals surface area contributed by atoms with Crippen molar-refractivity contribution in [1.29, 1.82) is 0 Å². The van der Waals surface area contributed by atoms with E-state index in [9.17, 15) is 9.90 Å². The molecule has 1 amide bonds. The molecule has 5 heteroatoms. The van der Waals surface area contributed by atoms with Gasteiger partial charge in [-0.1, -0.05) is 0 Å². The maximum atomic E-state index is 12.1. The summed E-state index contributed by atoms with van der Waals surface area (Å²) >= 11 is 1.54. The summed E-state index contributed by atoms with van der Waals surface area (Å²) < 4.78 is 2.02. The molecule has 1 aliphatic carbocycles. The highest BCUT2D eigenvalue weighted by Crippen LogP contribution is 2.35. The largest absolute Gasteiger partial charge is 0.387 e. The molecule has 2 aromatic heterocycles. The van der Waals surface area contributed by atoms with Gasteiger partial charge in [0, 0.05) is 18.8 Å². The summed E-state index contributed by atoms with van der Waals surface area (Å²) in [5.74, 6) is -0.119. The Balaban J connectivity index is 1.60. The van der Waals surface area contributed by atoms with Crippen LogP contribution in [-0.4, -0.2) is 22.1 Å². The molecule has 1 atom stereocenters. The lowest BCUT2D eigenvalue weighted by atomic mass is 10.2. The van der Waals surface area contributed by atoms with Gasteiger partial charge in [0.05, 0.1) is 6.10 Å². The van der Waals surface area contributed by atoms with Crippen molar-refractivity contribution in [2.45, 2.75) is 25.0 Å². The van der Waals surface area contributed by atoms with Crippen LogP contribution in [0.5, 0.6) is 0 Å². The van der Waals surface area contributed by atoms with E-state index in [2.05, 4.69) is 5.32 Å². The van der Waals surface area contributed by atoms with Crippen molar-refractivity contribution >= 4 is 17.2 Å². The Hall–Kier alpha value is -1.59. The van der Waals surface area contributed by atoms with Crippen molar-refractivity contribution in [3.05, 3.63) is 46.4 Å². The number of amides is 1. The van der Waals surface area contributed by atoms with Gasteiger partial charge in [-0.05, 0) is 47.4 Å². The fourth-order valence-corrected chi connectivity index (χ4v) is 2.83. The van der Waals surface area contributed by atoms with E-state index in [4.69, 9.17) is 0 Å². The molecule has 0 spiro atoms. The van der Waals surface area contributed by atoms with Gasteiger partial charge in [-0.25, -0.2) is 0 Å².